The van der Waals surface area contributed by atoms with Gasteiger partial charge < -0.3 is 15.4 Å². The van der Waals surface area contributed by atoms with Gasteiger partial charge in [0.15, 0.2) is 6.10 Å². The van der Waals surface area contributed by atoms with Crippen molar-refractivity contribution < 1.29 is 9.53 Å². The molecule has 1 heterocycles. The molecule has 5 heteroatoms. The van der Waals surface area contributed by atoms with E-state index in [0.29, 0.717) is 0 Å². The maximum Gasteiger partial charge on any atom is 0.263 e. The maximum absolute atomic E-state index is 12.3. The monoisotopic (exact) mass is 354 g/mol. The third-order valence-electron chi connectivity index (χ3n) is 3.63. The fourth-order valence-electron chi connectivity index (χ4n) is 2.60. The van der Waals surface area contributed by atoms with Crippen molar-refractivity contribution in [2.24, 2.45) is 5.73 Å². The Hall–Kier alpha value is -1.07. The Labute approximate surface area is 134 Å². The van der Waals surface area contributed by atoms with E-state index in [1.165, 1.54) is 0 Å². The average Bonchev–Trinajstić information content (AvgIpc) is 2.94. The van der Waals surface area contributed by atoms with E-state index < -0.39 is 6.10 Å². The molecule has 1 aromatic rings. The zero-order chi connectivity index (χ0) is 15.4. The topological polar surface area (TPSA) is 55.6 Å². The molecular weight excluding hydrogens is 332 g/mol. The summed E-state index contributed by atoms with van der Waals surface area (Å²) in [6.07, 6.45) is 2.44. The molecule has 2 rings (SSSR count). The highest BCUT2D eigenvalue weighted by molar-refractivity contribution is 9.10. The van der Waals surface area contributed by atoms with E-state index in [-0.39, 0.29) is 11.9 Å². The van der Waals surface area contributed by atoms with Gasteiger partial charge in [-0.3, -0.25) is 4.79 Å². The van der Waals surface area contributed by atoms with Crippen molar-refractivity contribution in [1.82, 2.24) is 4.90 Å². The number of nitrogens with zero attached hydrogens (tertiary/aromatic N) is 1. The molecule has 21 heavy (non-hydrogen) atoms. The van der Waals surface area contributed by atoms with Gasteiger partial charge in [0.2, 0.25) is 0 Å². The molecule has 0 aromatic heterocycles. The number of ether oxygens (including phenoxy) is 1. The molecule has 2 unspecified atom stereocenters. The zero-order valence-corrected chi connectivity index (χ0v) is 14.2. The molecule has 116 valence electrons. The van der Waals surface area contributed by atoms with Crippen LogP contribution in [0.4, 0.5) is 0 Å². The number of carbonyl (C=O) groups is 1. The first kappa shape index (κ1) is 16.3. The van der Waals surface area contributed by atoms with Crippen molar-refractivity contribution in [1.29, 1.82) is 0 Å². The van der Waals surface area contributed by atoms with Crippen LogP contribution in [0.15, 0.2) is 22.7 Å². The lowest BCUT2D eigenvalue weighted by molar-refractivity contribution is -0.136. The summed E-state index contributed by atoms with van der Waals surface area (Å²) in [5.41, 5.74) is 6.92. The Morgan fingerprint density at radius 1 is 1.38 bits per heavy atom. The number of halogens is 1. The summed E-state index contributed by atoms with van der Waals surface area (Å²) in [5, 5.41) is 0. The van der Waals surface area contributed by atoms with Crippen molar-refractivity contribution in [2.75, 3.05) is 13.1 Å². The van der Waals surface area contributed by atoms with Crippen molar-refractivity contribution in [3.63, 3.8) is 0 Å². The summed E-state index contributed by atoms with van der Waals surface area (Å²) in [4.78, 5) is 14.2. The zero-order valence-electron chi connectivity index (χ0n) is 12.6. The molecule has 0 saturated carbocycles. The van der Waals surface area contributed by atoms with Gasteiger partial charge in [-0.1, -0.05) is 15.9 Å². The van der Waals surface area contributed by atoms with Crippen LogP contribution in [0.5, 0.6) is 5.75 Å². The second kappa shape index (κ2) is 7.27. The van der Waals surface area contributed by atoms with Crippen LogP contribution in [0, 0.1) is 0 Å². The lowest BCUT2D eigenvalue weighted by Crippen LogP contribution is -2.38. The van der Waals surface area contributed by atoms with Gasteiger partial charge in [0.25, 0.3) is 5.91 Å². The molecule has 2 N–H and O–H groups in total. The van der Waals surface area contributed by atoms with E-state index in [1.54, 1.807) is 0 Å². The van der Waals surface area contributed by atoms with E-state index in [1.807, 2.05) is 36.9 Å². The lowest BCUT2D eigenvalue weighted by Gasteiger charge is -2.22. The van der Waals surface area contributed by atoms with E-state index >= 15 is 0 Å². The highest BCUT2D eigenvalue weighted by Gasteiger charge is 2.25. The SMILES string of the molecule is CC(N)Cc1cc(Br)ccc1OC(C)C(=O)N1CCCC1. The van der Waals surface area contributed by atoms with Crippen molar-refractivity contribution in [2.45, 2.75) is 45.3 Å². The van der Waals surface area contributed by atoms with Gasteiger partial charge >= 0.3 is 0 Å². The van der Waals surface area contributed by atoms with E-state index in [0.717, 1.165) is 48.1 Å². The maximum atomic E-state index is 12.3. The van der Waals surface area contributed by atoms with E-state index in [2.05, 4.69) is 15.9 Å². The largest absolute Gasteiger partial charge is 0.481 e. The summed E-state index contributed by atoms with van der Waals surface area (Å²) < 4.78 is 6.90. The first-order valence-electron chi connectivity index (χ1n) is 7.47. The van der Waals surface area contributed by atoms with Crippen LogP contribution in [-0.2, 0) is 11.2 Å². The Kier molecular flexibility index (Phi) is 5.65. The normalized spacial score (nSPS) is 17.6. The van der Waals surface area contributed by atoms with E-state index in [9.17, 15) is 4.79 Å². The molecule has 2 atom stereocenters. The first-order chi connectivity index (χ1) is 9.97. The molecule has 0 spiro atoms. The van der Waals surface area contributed by atoms with Gasteiger partial charge in [-0.25, -0.2) is 0 Å². The summed E-state index contributed by atoms with van der Waals surface area (Å²) in [6, 6.07) is 5.88. The second-order valence-corrected chi connectivity index (χ2v) is 6.64. The number of nitrogens with two attached hydrogens (primary N) is 1. The summed E-state index contributed by atoms with van der Waals surface area (Å²) in [7, 11) is 0. The fraction of sp³-hybridized carbons (Fsp3) is 0.562. The number of carbonyl (C=O) groups excluding carboxylic acids is 1. The molecule has 1 saturated heterocycles. The summed E-state index contributed by atoms with van der Waals surface area (Å²) in [5.74, 6) is 0.817. The van der Waals surface area contributed by atoms with Gasteiger partial charge in [0.1, 0.15) is 5.75 Å². The molecule has 0 aliphatic carbocycles. The molecular formula is C16H23BrN2O2. The highest BCUT2D eigenvalue weighted by Crippen LogP contribution is 2.26. The van der Waals surface area contributed by atoms with Crippen LogP contribution < -0.4 is 10.5 Å². The molecule has 1 aliphatic rings. The highest BCUT2D eigenvalue weighted by atomic mass is 79.9. The summed E-state index contributed by atoms with van der Waals surface area (Å²) >= 11 is 3.46. The number of hydrogen-bond acceptors (Lipinski definition) is 3. The quantitative estimate of drug-likeness (QED) is 0.884. The van der Waals surface area contributed by atoms with Crippen molar-refractivity contribution in [3.05, 3.63) is 28.2 Å². The minimum Gasteiger partial charge on any atom is -0.481 e. The number of likely N-dealkylation sites (tertiary alicyclic amines) is 1. The van der Waals surface area contributed by atoms with Crippen molar-refractivity contribution in [3.8, 4) is 5.75 Å². The lowest BCUT2D eigenvalue weighted by atomic mass is 10.1. The third-order valence-corrected chi connectivity index (χ3v) is 4.13. The number of rotatable bonds is 5. The second-order valence-electron chi connectivity index (χ2n) is 5.73. The van der Waals surface area contributed by atoms with Gasteiger partial charge in [-0.05, 0) is 56.9 Å². The molecule has 1 amide bonds. The Balaban J connectivity index is 2.08. The van der Waals surface area contributed by atoms with Gasteiger partial charge in [-0.15, -0.1) is 0 Å². The predicted octanol–water partition coefficient (Wildman–Crippen LogP) is 2.73. The van der Waals surface area contributed by atoms with Crippen LogP contribution in [0.25, 0.3) is 0 Å². The Morgan fingerprint density at radius 2 is 2.05 bits per heavy atom. The van der Waals surface area contributed by atoms with Crippen molar-refractivity contribution >= 4 is 21.8 Å². The standard InChI is InChI=1S/C16H23BrN2O2/c1-11(18)9-13-10-14(17)5-6-15(13)21-12(2)16(20)19-7-3-4-8-19/h5-6,10-12H,3-4,7-9,18H2,1-2H3. The summed E-state index contributed by atoms with van der Waals surface area (Å²) in [6.45, 7) is 5.47. The van der Waals surface area contributed by atoms with Crippen LogP contribution in [0.1, 0.15) is 32.3 Å². The number of hydrogen-bond donors (Lipinski definition) is 1. The minimum atomic E-state index is -0.462. The van der Waals surface area contributed by atoms with Crippen LogP contribution in [0.2, 0.25) is 0 Å². The Bertz CT molecular complexity index is 499. The van der Waals surface area contributed by atoms with E-state index in [4.69, 9.17) is 10.5 Å². The Morgan fingerprint density at radius 3 is 2.67 bits per heavy atom. The van der Waals surface area contributed by atoms with Crippen LogP contribution >= 0.6 is 15.9 Å². The minimum absolute atomic E-state index is 0.0474. The smallest absolute Gasteiger partial charge is 0.263 e. The molecule has 0 radical (unpaired) electrons. The molecule has 0 bridgehead atoms. The number of amides is 1. The molecule has 1 aromatic carbocycles. The first-order valence-corrected chi connectivity index (χ1v) is 8.26. The van der Waals surface area contributed by atoms with Crippen LogP contribution in [-0.4, -0.2) is 36.0 Å². The van der Waals surface area contributed by atoms with Gasteiger partial charge in [0, 0.05) is 23.6 Å². The third kappa shape index (κ3) is 4.45. The number of benzene rings is 1. The molecule has 1 fully saturated rings. The average molecular weight is 355 g/mol. The fourth-order valence-corrected chi connectivity index (χ4v) is 3.01. The molecule has 4 nitrogen and oxygen atoms in total. The van der Waals surface area contributed by atoms with Gasteiger partial charge in [0.05, 0.1) is 0 Å². The predicted molar refractivity (Wildman–Crippen MR) is 87.4 cm³/mol. The van der Waals surface area contributed by atoms with Gasteiger partial charge in [-0.2, -0.15) is 0 Å². The molecule has 1 aliphatic heterocycles. The van der Waals surface area contributed by atoms with Crippen LogP contribution in [0.3, 0.4) is 0 Å².